The molecule has 1 unspecified atom stereocenters. The van der Waals surface area contributed by atoms with E-state index < -0.39 is 5.97 Å². The molecule has 0 radical (unpaired) electrons. The van der Waals surface area contributed by atoms with Crippen molar-refractivity contribution in [1.29, 1.82) is 0 Å². The monoisotopic (exact) mass is 335 g/mol. The zero-order chi connectivity index (χ0) is 17.5. The van der Waals surface area contributed by atoms with E-state index in [9.17, 15) is 9.59 Å². The Morgan fingerprint density at radius 3 is 2.71 bits per heavy atom. The molecule has 1 saturated heterocycles. The molecule has 1 aliphatic rings. The molecule has 24 heavy (non-hydrogen) atoms. The third-order valence-electron chi connectivity index (χ3n) is 4.61. The van der Waals surface area contributed by atoms with Crippen LogP contribution in [-0.2, 0) is 16.0 Å². The highest BCUT2D eigenvalue weighted by atomic mass is 16.5. The molecular formula is C18H25NO5. The number of amides is 1. The molecule has 0 aliphatic carbocycles. The average molecular weight is 335 g/mol. The summed E-state index contributed by atoms with van der Waals surface area (Å²) in [6.45, 7) is 3.92. The molecule has 1 aliphatic heterocycles. The Kier molecular flexibility index (Phi) is 6.61. The van der Waals surface area contributed by atoms with Gasteiger partial charge < -0.3 is 19.9 Å². The zero-order valence-corrected chi connectivity index (χ0v) is 14.2. The first-order valence-electron chi connectivity index (χ1n) is 8.28. The molecule has 1 aromatic rings. The van der Waals surface area contributed by atoms with Crippen molar-refractivity contribution >= 4 is 11.9 Å². The summed E-state index contributed by atoms with van der Waals surface area (Å²) < 4.78 is 10.6. The van der Waals surface area contributed by atoms with Crippen LogP contribution >= 0.6 is 0 Å². The van der Waals surface area contributed by atoms with Crippen LogP contribution in [0.2, 0.25) is 0 Å². The highest BCUT2D eigenvalue weighted by molar-refractivity contribution is 5.88. The highest BCUT2D eigenvalue weighted by Crippen LogP contribution is 2.24. The zero-order valence-electron chi connectivity index (χ0n) is 14.2. The van der Waals surface area contributed by atoms with Crippen LogP contribution < -0.4 is 10.1 Å². The second-order valence-corrected chi connectivity index (χ2v) is 6.11. The second kappa shape index (κ2) is 8.68. The van der Waals surface area contributed by atoms with Crippen molar-refractivity contribution in [2.75, 3.05) is 26.9 Å². The lowest BCUT2D eigenvalue weighted by Crippen LogP contribution is -2.36. The Balaban J connectivity index is 1.86. The molecule has 6 heteroatoms. The number of methoxy groups -OCH3 is 1. The molecule has 2 N–H and O–H groups in total. The predicted octanol–water partition coefficient (Wildman–Crippen LogP) is 2.11. The van der Waals surface area contributed by atoms with Crippen LogP contribution in [0.5, 0.6) is 5.75 Å². The van der Waals surface area contributed by atoms with Crippen LogP contribution in [0.25, 0.3) is 0 Å². The molecule has 6 nitrogen and oxygen atoms in total. The van der Waals surface area contributed by atoms with Gasteiger partial charge in [0.15, 0.2) is 0 Å². The molecule has 1 fully saturated rings. The van der Waals surface area contributed by atoms with Crippen molar-refractivity contribution in [1.82, 2.24) is 5.32 Å². The molecule has 2 rings (SSSR count). The number of ether oxygens (including phenoxy) is 2. The maximum atomic E-state index is 12.3. The lowest BCUT2D eigenvalue weighted by Gasteiger charge is -2.27. The molecule has 1 aromatic carbocycles. The number of carbonyl (C=O) groups is 2. The first kappa shape index (κ1) is 18.3. The molecule has 1 atom stereocenters. The van der Waals surface area contributed by atoms with Crippen LogP contribution in [0.4, 0.5) is 0 Å². The first-order valence-corrected chi connectivity index (χ1v) is 8.28. The third kappa shape index (κ3) is 4.71. The summed E-state index contributed by atoms with van der Waals surface area (Å²) in [4.78, 5) is 23.3. The smallest absolute Gasteiger partial charge is 0.335 e. The number of benzene rings is 1. The van der Waals surface area contributed by atoms with Gasteiger partial charge in [-0.25, -0.2) is 4.79 Å². The number of nitrogens with one attached hydrogen (secondary N) is 1. The van der Waals surface area contributed by atoms with Gasteiger partial charge in [0, 0.05) is 25.7 Å². The van der Waals surface area contributed by atoms with Crippen LogP contribution in [0, 0.1) is 11.8 Å². The summed E-state index contributed by atoms with van der Waals surface area (Å²) in [5.41, 5.74) is 1.06. The first-order chi connectivity index (χ1) is 11.5. The van der Waals surface area contributed by atoms with Gasteiger partial charge in [-0.15, -0.1) is 0 Å². The van der Waals surface area contributed by atoms with Crippen molar-refractivity contribution in [3.8, 4) is 5.75 Å². The van der Waals surface area contributed by atoms with Gasteiger partial charge in [-0.3, -0.25) is 4.79 Å². The van der Waals surface area contributed by atoms with Crippen molar-refractivity contribution in [3.05, 3.63) is 29.3 Å². The minimum atomic E-state index is -0.988. The van der Waals surface area contributed by atoms with Crippen molar-refractivity contribution in [2.45, 2.75) is 26.2 Å². The van der Waals surface area contributed by atoms with Gasteiger partial charge in [0.25, 0.3) is 0 Å². The minimum absolute atomic E-state index is 0.0230. The van der Waals surface area contributed by atoms with Crippen molar-refractivity contribution in [3.63, 3.8) is 0 Å². The van der Waals surface area contributed by atoms with Gasteiger partial charge in [-0.05, 0) is 42.9 Å². The average Bonchev–Trinajstić information content (AvgIpc) is 2.61. The SMILES string of the molecule is COc1cc(C(=O)O)ccc1CCNC(=O)C(C)C1CCOCC1. The normalized spacial score (nSPS) is 16.4. The van der Waals surface area contributed by atoms with Crippen LogP contribution in [0.3, 0.4) is 0 Å². The molecule has 132 valence electrons. The number of carboxylic acid groups (broad SMARTS) is 1. The van der Waals surface area contributed by atoms with Gasteiger partial charge in [0.1, 0.15) is 5.75 Å². The summed E-state index contributed by atoms with van der Waals surface area (Å²) in [5.74, 6) is -0.0450. The minimum Gasteiger partial charge on any atom is -0.496 e. The van der Waals surface area contributed by atoms with E-state index in [1.54, 1.807) is 12.1 Å². The summed E-state index contributed by atoms with van der Waals surface area (Å²) in [7, 11) is 1.51. The second-order valence-electron chi connectivity index (χ2n) is 6.11. The number of carboxylic acids is 1. The molecule has 0 spiro atoms. The largest absolute Gasteiger partial charge is 0.496 e. The lowest BCUT2D eigenvalue weighted by atomic mass is 9.87. The molecule has 0 aromatic heterocycles. The van der Waals surface area contributed by atoms with E-state index in [1.165, 1.54) is 13.2 Å². The van der Waals surface area contributed by atoms with Gasteiger partial charge >= 0.3 is 5.97 Å². The highest BCUT2D eigenvalue weighted by Gasteiger charge is 2.25. The van der Waals surface area contributed by atoms with E-state index in [4.69, 9.17) is 14.6 Å². The molecule has 1 amide bonds. The molecular weight excluding hydrogens is 310 g/mol. The van der Waals surface area contributed by atoms with E-state index in [0.29, 0.717) is 24.6 Å². The van der Waals surface area contributed by atoms with Gasteiger partial charge in [0.2, 0.25) is 5.91 Å². The Morgan fingerprint density at radius 1 is 1.38 bits per heavy atom. The van der Waals surface area contributed by atoms with Crippen LogP contribution in [-0.4, -0.2) is 43.9 Å². The van der Waals surface area contributed by atoms with E-state index in [0.717, 1.165) is 31.6 Å². The van der Waals surface area contributed by atoms with E-state index >= 15 is 0 Å². The van der Waals surface area contributed by atoms with Gasteiger partial charge in [0.05, 0.1) is 12.7 Å². The maximum Gasteiger partial charge on any atom is 0.335 e. The van der Waals surface area contributed by atoms with Crippen LogP contribution in [0.15, 0.2) is 18.2 Å². The van der Waals surface area contributed by atoms with Crippen molar-refractivity contribution < 1.29 is 24.2 Å². The van der Waals surface area contributed by atoms with E-state index in [2.05, 4.69) is 5.32 Å². The van der Waals surface area contributed by atoms with Gasteiger partial charge in [-0.1, -0.05) is 13.0 Å². The third-order valence-corrected chi connectivity index (χ3v) is 4.61. The maximum absolute atomic E-state index is 12.3. The Labute approximate surface area is 142 Å². The fraction of sp³-hybridized carbons (Fsp3) is 0.556. The lowest BCUT2D eigenvalue weighted by molar-refractivity contribution is -0.127. The van der Waals surface area contributed by atoms with E-state index in [-0.39, 0.29) is 17.4 Å². The molecule has 0 saturated carbocycles. The number of hydrogen-bond donors (Lipinski definition) is 2. The fourth-order valence-electron chi connectivity index (χ4n) is 3.00. The molecule has 0 bridgehead atoms. The summed E-state index contributed by atoms with van der Waals surface area (Å²) in [6.07, 6.45) is 2.45. The number of hydrogen-bond acceptors (Lipinski definition) is 4. The van der Waals surface area contributed by atoms with E-state index in [1.807, 2.05) is 6.92 Å². The van der Waals surface area contributed by atoms with Gasteiger partial charge in [-0.2, -0.15) is 0 Å². The number of rotatable bonds is 7. The fourth-order valence-corrected chi connectivity index (χ4v) is 3.00. The Hall–Kier alpha value is -2.08. The summed E-state index contributed by atoms with van der Waals surface area (Å²) in [5, 5.41) is 12.0. The summed E-state index contributed by atoms with van der Waals surface area (Å²) in [6, 6.07) is 4.78. The predicted molar refractivity (Wildman–Crippen MR) is 89.4 cm³/mol. The Morgan fingerprint density at radius 2 is 2.08 bits per heavy atom. The topological polar surface area (TPSA) is 84.9 Å². The standard InChI is InChI=1S/C18H25NO5/c1-12(13-6-9-24-10-7-13)17(20)19-8-5-14-3-4-15(18(21)22)11-16(14)23-2/h3-4,11-13H,5-10H2,1-2H3,(H,19,20)(H,21,22). The van der Waals surface area contributed by atoms with Crippen LogP contribution in [0.1, 0.15) is 35.7 Å². The number of aromatic carboxylic acids is 1. The Bertz CT molecular complexity index is 581. The number of carbonyl (C=O) groups excluding carboxylic acids is 1. The summed E-state index contributed by atoms with van der Waals surface area (Å²) >= 11 is 0. The van der Waals surface area contributed by atoms with Crippen molar-refractivity contribution in [2.24, 2.45) is 11.8 Å². The molecule has 1 heterocycles. The quantitative estimate of drug-likeness (QED) is 0.797.